The summed E-state index contributed by atoms with van der Waals surface area (Å²) >= 11 is 0. The molecule has 0 aliphatic carbocycles. The predicted octanol–water partition coefficient (Wildman–Crippen LogP) is 4.31. The Bertz CT molecular complexity index is 1250. The fourth-order valence-electron chi connectivity index (χ4n) is 4.04. The number of para-hydroxylation sites is 1. The molecule has 2 aromatic heterocycles. The lowest BCUT2D eigenvalue weighted by Gasteiger charge is -2.19. The Hall–Kier alpha value is -3.47. The van der Waals surface area contributed by atoms with Crippen molar-refractivity contribution in [3.05, 3.63) is 99.6 Å². The lowest BCUT2D eigenvalue weighted by atomic mass is 10.1. The average molecular weight is 385 g/mol. The summed E-state index contributed by atoms with van der Waals surface area (Å²) in [6.07, 6.45) is 1.27. The van der Waals surface area contributed by atoms with Gasteiger partial charge in [0.1, 0.15) is 6.54 Å². The number of fused-ring (bicyclic) bond motifs is 1. The molecular weight excluding hydrogens is 362 g/mol. The summed E-state index contributed by atoms with van der Waals surface area (Å²) in [7, 11) is 0. The molecule has 146 valence electrons. The van der Waals surface area contributed by atoms with Crippen LogP contribution < -0.4 is 5.43 Å². The van der Waals surface area contributed by atoms with Crippen LogP contribution in [0.3, 0.4) is 0 Å². The van der Waals surface area contributed by atoms with E-state index < -0.39 is 0 Å². The van der Waals surface area contributed by atoms with Crippen LogP contribution in [0.15, 0.2) is 71.7 Å². The van der Waals surface area contributed by atoms with Gasteiger partial charge in [-0.05, 0) is 44.5 Å². The Kier molecular flexibility index (Phi) is 4.89. The van der Waals surface area contributed by atoms with Crippen LogP contribution >= 0.6 is 0 Å². The quantitative estimate of drug-likeness (QED) is 0.481. The molecule has 0 bridgehead atoms. The highest BCUT2D eigenvalue weighted by Gasteiger charge is 2.20. The highest BCUT2D eigenvalue weighted by Crippen LogP contribution is 2.26. The molecule has 29 heavy (non-hydrogen) atoms. The number of carbonyl (C=O) groups excluding carboxylic acids is 1. The highest BCUT2D eigenvalue weighted by molar-refractivity contribution is 5.98. The highest BCUT2D eigenvalue weighted by atomic mass is 16.1. The van der Waals surface area contributed by atoms with Gasteiger partial charge in [0, 0.05) is 22.3 Å². The van der Waals surface area contributed by atoms with E-state index in [1.807, 2.05) is 56.3 Å². The van der Waals surface area contributed by atoms with Crippen molar-refractivity contribution in [3.63, 3.8) is 0 Å². The van der Waals surface area contributed by atoms with Gasteiger partial charge in [-0.3, -0.25) is 14.3 Å². The molecule has 0 unspecified atom stereocenters. The molecule has 0 radical (unpaired) electrons. The van der Waals surface area contributed by atoms with Crippen molar-refractivity contribution >= 4 is 16.7 Å². The number of hydrogen-bond donors (Lipinski definition) is 0. The molecule has 5 nitrogen and oxygen atoms in total. The van der Waals surface area contributed by atoms with Crippen LogP contribution in [0.2, 0.25) is 0 Å². The van der Waals surface area contributed by atoms with E-state index in [1.165, 1.54) is 11.8 Å². The predicted molar refractivity (Wildman–Crippen MR) is 114 cm³/mol. The number of rotatable bonds is 5. The number of benzene rings is 2. The van der Waals surface area contributed by atoms with Gasteiger partial charge in [-0.25, -0.2) is 0 Å². The van der Waals surface area contributed by atoms with Crippen LogP contribution in [0.5, 0.6) is 0 Å². The molecule has 0 N–H and O–H groups in total. The van der Waals surface area contributed by atoms with Gasteiger partial charge in [-0.15, -0.1) is 0 Å². The molecule has 0 fully saturated rings. The second-order valence-corrected chi connectivity index (χ2v) is 7.35. The second-order valence-electron chi connectivity index (χ2n) is 7.35. The molecule has 4 aromatic rings. The van der Waals surface area contributed by atoms with E-state index in [0.29, 0.717) is 16.5 Å². The maximum absolute atomic E-state index is 13.1. The maximum atomic E-state index is 13.1. The molecule has 0 saturated heterocycles. The third-order valence-electron chi connectivity index (χ3n) is 5.51. The zero-order chi connectivity index (χ0) is 20.5. The van der Waals surface area contributed by atoms with Gasteiger partial charge >= 0.3 is 0 Å². The Morgan fingerprint density at radius 1 is 1.03 bits per heavy atom. The summed E-state index contributed by atoms with van der Waals surface area (Å²) in [6.45, 7) is 6.23. The SMILES string of the molecule is Cc1cc(C(=O)Cn2ncc(=O)c3ccccc32)c(C)n1[C@@H](C)c1ccccc1. The summed E-state index contributed by atoms with van der Waals surface area (Å²) in [4.78, 5) is 25.2. The van der Waals surface area contributed by atoms with Crippen LogP contribution in [0.25, 0.3) is 10.9 Å². The van der Waals surface area contributed by atoms with E-state index in [2.05, 4.69) is 28.7 Å². The van der Waals surface area contributed by atoms with Crippen LogP contribution in [-0.2, 0) is 6.54 Å². The molecule has 0 spiro atoms. The van der Waals surface area contributed by atoms with Crippen molar-refractivity contribution in [2.45, 2.75) is 33.4 Å². The summed E-state index contributed by atoms with van der Waals surface area (Å²) in [6, 6.07) is 19.6. The molecule has 0 amide bonds. The monoisotopic (exact) mass is 385 g/mol. The molecule has 0 saturated carbocycles. The van der Waals surface area contributed by atoms with Gasteiger partial charge in [0.2, 0.25) is 5.43 Å². The van der Waals surface area contributed by atoms with Crippen molar-refractivity contribution in [1.82, 2.24) is 14.3 Å². The van der Waals surface area contributed by atoms with Gasteiger partial charge in [0.05, 0.1) is 17.8 Å². The van der Waals surface area contributed by atoms with Crippen molar-refractivity contribution < 1.29 is 4.79 Å². The first kappa shape index (κ1) is 18.9. The lowest BCUT2D eigenvalue weighted by Crippen LogP contribution is -2.18. The normalized spacial score (nSPS) is 12.2. The molecule has 0 aliphatic heterocycles. The van der Waals surface area contributed by atoms with Crippen molar-refractivity contribution in [1.29, 1.82) is 0 Å². The summed E-state index contributed by atoms with van der Waals surface area (Å²) < 4.78 is 3.80. The first-order valence-electron chi connectivity index (χ1n) is 9.69. The number of aryl methyl sites for hydroxylation is 1. The number of Topliss-reactive ketones (excluding diaryl/α,β-unsaturated/α-hetero) is 1. The lowest BCUT2D eigenvalue weighted by molar-refractivity contribution is 0.0968. The summed E-state index contributed by atoms with van der Waals surface area (Å²) in [5.74, 6) is -0.0223. The van der Waals surface area contributed by atoms with Gasteiger partial charge in [-0.2, -0.15) is 5.10 Å². The topological polar surface area (TPSA) is 56.9 Å². The second kappa shape index (κ2) is 7.51. The van der Waals surface area contributed by atoms with Crippen molar-refractivity contribution in [2.24, 2.45) is 0 Å². The number of hydrogen-bond acceptors (Lipinski definition) is 3. The third-order valence-corrected chi connectivity index (χ3v) is 5.51. The Morgan fingerprint density at radius 2 is 1.72 bits per heavy atom. The number of ketones is 1. The van der Waals surface area contributed by atoms with Gasteiger partial charge < -0.3 is 4.57 Å². The molecule has 2 aromatic carbocycles. The fraction of sp³-hybridized carbons (Fsp3) is 0.208. The zero-order valence-corrected chi connectivity index (χ0v) is 16.8. The van der Waals surface area contributed by atoms with Crippen LogP contribution in [0, 0.1) is 13.8 Å². The van der Waals surface area contributed by atoms with Gasteiger partial charge in [-0.1, -0.05) is 42.5 Å². The van der Waals surface area contributed by atoms with E-state index in [0.717, 1.165) is 11.4 Å². The maximum Gasteiger partial charge on any atom is 0.207 e. The number of nitrogens with zero attached hydrogens (tertiary/aromatic N) is 3. The smallest absolute Gasteiger partial charge is 0.207 e. The molecule has 0 aliphatic rings. The van der Waals surface area contributed by atoms with E-state index >= 15 is 0 Å². The first-order valence-corrected chi connectivity index (χ1v) is 9.69. The van der Waals surface area contributed by atoms with Crippen LogP contribution in [0.1, 0.15) is 40.3 Å². The summed E-state index contributed by atoms with van der Waals surface area (Å²) in [5, 5.41) is 4.76. The minimum absolute atomic E-state index is 0.0223. The van der Waals surface area contributed by atoms with Gasteiger partial charge in [0.15, 0.2) is 5.78 Å². The van der Waals surface area contributed by atoms with Crippen molar-refractivity contribution in [2.75, 3.05) is 0 Å². The minimum atomic E-state index is -0.140. The Morgan fingerprint density at radius 3 is 2.48 bits per heavy atom. The molecule has 2 heterocycles. The van der Waals surface area contributed by atoms with Crippen molar-refractivity contribution in [3.8, 4) is 0 Å². The van der Waals surface area contributed by atoms with E-state index in [4.69, 9.17) is 0 Å². The molecular formula is C24H23N3O2. The van der Waals surface area contributed by atoms with E-state index in [-0.39, 0.29) is 23.8 Å². The molecule has 5 heteroatoms. The van der Waals surface area contributed by atoms with Crippen LogP contribution in [-0.4, -0.2) is 20.1 Å². The third kappa shape index (κ3) is 3.40. The Balaban J connectivity index is 1.69. The first-order chi connectivity index (χ1) is 14.0. The largest absolute Gasteiger partial charge is 0.341 e. The van der Waals surface area contributed by atoms with Gasteiger partial charge in [0.25, 0.3) is 0 Å². The number of aromatic nitrogens is 3. The molecule has 1 atom stereocenters. The van der Waals surface area contributed by atoms with E-state index in [1.54, 1.807) is 10.7 Å². The Labute approximate surface area is 169 Å². The minimum Gasteiger partial charge on any atom is -0.341 e. The number of carbonyl (C=O) groups is 1. The molecule has 4 rings (SSSR count). The average Bonchev–Trinajstić information content (AvgIpc) is 3.04. The zero-order valence-electron chi connectivity index (χ0n) is 16.8. The van der Waals surface area contributed by atoms with E-state index in [9.17, 15) is 9.59 Å². The summed E-state index contributed by atoms with van der Waals surface area (Å²) in [5.41, 5.74) is 4.39. The van der Waals surface area contributed by atoms with Crippen LogP contribution in [0.4, 0.5) is 0 Å². The standard InChI is InChI=1S/C24H23N3O2/c1-16-13-21(18(3)27(16)17(2)19-9-5-4-6-10-19)24(29)15-26-22-12-8-7-11-20(22)23(28)14-25-26/h4-14,17H,15H2,1-3H3/t17-/m0/s1. The fourth-order valence-corrected chi connectivity index (χ4v) is 4.04.